The van der Waals surface area contributed by atoms with Crippen LogP contribution in [-0.4, -0.2) is 15.6 Å². The molecule has 6 heteroatoms. The molecular formula is C13H10F3NO2. The van der Waals surface area contributed by atoms with Gasteiger partial charge in [-0.05, 0) is 30.7 Å². The Morgan fingerprint density at radius 1 is 1.26 bits per heavy atom. The molecule has 0 saturated carbocycles. The molecule has 1 heterocycles. The number of hydrogen-bond donors (Lipinski definition) is 1. The number of carboxylic acid groups (broad SMARTS) is 1. The van der Waals surface area contributed by atoms with E-state index in [1.807, 2.05) is 0 Å². The van der Waals surface area contributed by atoms with Crippen molar-refractivity contribution in [2.75, 3.05) is 0 Å². The first-order valence-corrected chi connectivity index (χ1v) is 5.38. The van der Waals surface area contributed by atoms with Gasteiger partial charge in [-0.2, -0.15) is 13.2 Å². The fraction of sp³-hybridized carbons (Fsp3) is 0.154. The Morgan fingerprint density at radius 2 is 1.95 bits per heavy atom. The summed E-state index contributed by atoms with van der Waals surface area (Å²) in [4.78, 5) is 10.9. The third-order valence-corrected chi connectivity index (χ3v) is 2.73. The molecule has 1 aromatic heterocycles. The molecule has 0 atom stereocenters. The van der Waals surface area contributed by atoms with Crippen molar-refractivity contribution in [2.45, 2.75) is 13.1 Å². The maximum atomic E-state index is 12.6. The van der Waals surface area contributed by atoms with Crippen molar-refractivity contribution in [1.29, 1.82) is 0 Å². The van der Waals surface area contributed by atoms with E-state index >= 15 is 0 Å². The van der Waals surface area contributed by atoms with Crippen molar-refractivity contribution in [3.8, 4) is 5.69 Å². The number of aryl methyl sites for hydroxylation is 1. The fourth-order valence-corrected chi connectivity index (χ4v) is 1.77. The second kappa shape index (κ2) is 4.46. The van der Waals surface area contributed by atoms with Crippen molar-refractivity contribution in [2.24, 2.45) is 0 Å². The van der Waals surface area contributed by atoms with E-state index in [0.29, 0.717) is 5.56 Å². The molecule has 1 aromatic carbocycles. The Bertz CT molecular complexity index is 629. The number of halogens is 3. The van der Waals surface area contributed by atoms with E-state index in [0.717, 1.165) is 12.1 Å². The first kappa shape index (κ1) is 13.2. The van der Waals surface area contributed by atoms with Crippen LogP contribution in [0, 0.1) is 6.92 Å². The minimum Gasteiger partial charge on any atom is -0.478 e. The molecule has 0 spiro atoms. The third kappa shape index (κ3) is 2.62. The molecule has 0 saturated heterocycles. The van der Waals surface area contributed by atoms with Gasteiger partial charge in [-0.1, -0.05) is 6.07 Å². The highest BCUT2D eigenvalue weighted by molar-refractivity contribution is 5.89. The van der Waals surface area contributed by atoms with E-state index in [2.05, 4.69) is 0 Å². The monoisotopic (exact) mass is 269 g/mol. The normalized spacial score (nSPS) is 11.6. The highest BCUT2D eigenvalue weighted by atomic mass is 19.4. The van der Waals surface area contributed by atoms with Gasteiger partial charge in [-0.3, -0.25) is 0 Å². The van der Waals surface area contributed by atoms with Gasteiger partial charge in [0, 0.05) is 18.1 Å². The summed E-state index contributed by atoms with van der Waals surface area (Å²) >= 11 is 0. The van der Waals surface area contributed by atoms with Gasteiger partial charge in [0.15, 0.2) is 0 Å². The Hall–Kier alpha value is -2.24. The lowest BCUT2D eigenvalue weighted by Crippen LogP contribution is -2.05. The topological polar surface area (TPSA) is 42.2 Å². The molecule has 3 nitrogen and oxygen atoms in total. The molecule has 0 aliphatic carbocycles. The fourth-order valence-electron chi connectivity index (χ4n) is 1.77. The lowest BCUT2D eigenvalue weighted by molar-refractivity contribution is -0.137. The smallest absolute Gasteiger partial charge is 0.416 e. The van der Waals surface area contributed by atoms with Gasteiger partial charge in [-0.25, -0.2) is 4.79 Å². The van der Waals surface area contributed by atoms with Crippen LogP contribution in [0.15, 0.2) is 36.7 Å². The van der Waals surface area contributed by atoms with Crippen molar-refractivity contribution in [1.82, 2.24) is 4.57 Å². The van der Waals surface area contributed by atoms with Crippen LogP contribution >= 0.6 is 0 Å². The Kier molecular flexibility index (Phi) is 3.09. The van der Waals surface area contributed by atoms with Gasteiger partial charge in [0.2, 0.25) is 0 Å². The van der Waals surface area contributed by atoms with Gasteiger partial charge in [-0.15, -0.1) is 0 Å². The average Bonchev–Trinajstić information content (AvgIpc) is 2.70. The molecule has 100 valence electrons. The summed E-state index contributed by atoms with van der Waals surface area (Å²) in [6.45, 7) is 1.59. The van der Waals surface area contributed by atoms with E-state index in [1.54, 1.807) is 6.92 Å². The van der Waals surface area contributed by atoms with E-state index in [1.165, 1.54) is 29.1 Å². The Labute approximate surface area is 106 Å². The molecule has 19 heavy (non-hydrogen) atoms. The highest BCUT2D eigenvalue weighted by Crippen LogP contribution is 2.30. The maximum Gasteiger partial charge on any atom is 0.416 e. The first-order valence-electron chi connectivity index (χ1n) is 5.38. The van der Waals surface area contributed by atoms with Crippen LogP contribution in [-0.2, 0) is 6.18 Å². The molecular weight excluding hydrogens is 259 g/mol. The SMILES string of the molecule is Cc1cn(-c2cccc(C(F)(F)F)c2)cc1C(=O)O. The zero-order valence-corrected chi connectivity index (χ0v) is 9.90. The predicted molar refractivity (Wildman–Crippen MR) is 62.5 cm³/mol. The van der Waals surface area contributed by atoms with Crippen molar-refractivity contribution < 1.29 is 23.1 Å². The summed E-state index contributed by atoms with van der Waals surface area (Å²) in [5.41, 5.74) is 0.0565. The van der Waals surface area contributed by atoms with E-state index in [9.17, 15) is 18.0 Å². The molecule has 2 rings (SSSR count). The number of rotatable bonds is 2. The van der Waals surface area contributed by atoms with Gasteiger partial charge in [0.25, 0.3) is 0 Å². The summed E-state index contributed by atoms with van der Waals surface area (Å²) in [6, 6.07) is 4.72. The zero-order valence-electron chi connectivity index (χ0n) is 9.90. The van der Waals surface area contributed by atoms with Gasteiger partial charge < -0.3 is 9.67 Å². The Morgan fingerprint density at radius 3 is 2.47 bits per heavy atom. The number of carbonyl (C=O) groups is 1. The quantitative estimate of drug-likeness (QED) is 0.906. The molecule has 0 fully saturated rings. The van der Waals surface area contributed by atoms with Crippen LogP contribution in [0.3, 0.4) is 0 Å². The molecule has 2 aromatic rings. The van der Waals surface area contributed by atoms with Crippen LogP contribution in [0.2, 0.25) is 0 Å². The summed E-state index contributed by atoms with van der Waals surface area (Å²) in [5.74, 6) is -1.11. The van der Waals surface area contributed by atoms with E-state index in [-0.39, 0.29) is 11.3 Å². The molecule has 0 radical (unpaired) electrons. The third-order valence-electron chi connectivity index (χ3n) is 2.73. The van der Waals surface area contributed by atoms with E-state index in [4.69, 9.17) is 5.11 Å². The van der Waals surface area contributed by atoms with Crippen molar-refractivity contribution >= 4 is 5.97 Å². The molecule has 0 bridgehead atoms. The summed E-state index contributed by atoms with van der Waals surface area (Å²) in [7, 11) is 0. The first-order chi connectivity index (χ1) is 8.79. The second-order valence-corrected chi connectivity index (χ2v) is 4.12. The summed E-state index contributed by atoms with van der Waals surface area (Å²) in [5, 5.41) is 8.92. The predicted octanol–water partition coefficient (Wildman–Crippen LogP) is 3.50. The van der Waals surface area contributed by atoms with Crippen molar-refractivity contribution in [3.63, 3.8) is 0 Å². The minimum absolute atomic E-state index is 0.0670. The lowest BCUT2D eigenvalue weighted by atomic mass is 10.2. The Balaban J connectivity index is 2.48. The molecule has 0 aliphatic heterocycles. The van der Waals surface area contributed by atoms with Crippen LogP contribution in [0.1, 0.15) is 21.5 Å². The molecule has 0 aliphatic rings. The number of hydrogen-bond acceptors (Lipinski definition) is 1. The maximum absolute atomic E-state index is 12.6. The van der Waals surface area contributed by atoms with Gasteiger partial charge >= 0.3 is 12.1 Å². The lowest BCUT2D eigenvalue weighted by Gasteiger charge is -2.09. The number of alkyl halides is 3. The van der Waals surface area contributed by atoms with Gasteiger partial charge in [0.1, 0.15) is 0 Å². The molecule has 0 amide bonds. The highest BCUT2D eigenvalue weighted by Gasteiger charge is 2.30. The number of carboxylic acids is 1. The van der Waals surface area contributed by atoms with Crippen LogP contribution < -0.4 is 0 Å². The standard InChI is InChI=1S/C13H10F3NO2/c1-8-6-17(7-11(8)12(18)19)10-4-2-3-9(5-10)13(14,15)16/h2-7H,1H3,(H,18,19). The minimum atomic E-state index is -4.42. The summed E-state index contributed by atoms with van der Waals surface area (Å²) in [6.07, 6.45) is -1.64. The molecule has 0 unspecified atom stereocenters. The van der Waals surface area contributed by atoms with Crippen LogP contribution in [0.4, 0.5) is 13.2 Å². The second-order valence-electron chi connectivity index (χ2n) is 4.12. The largest absolute Gasteiger partial charge is 0.478 e. The van der Waals surface area contributed by atoms with Crippen LogP contribution in [0.5, 0.6) is 0 Å². The zero-order chi connectivity index (χ0) is 14.2. The number of aromatic carboxylic acids is 1. The number of nitrogens with zero attached hydrogens (tertiary/aromatic N) is 1. The van der Waals surface area contributed by atoms with Crippen molar-refractivity contribution in [3.05, 3.63) is 53.3 Å². The van der Waals surface area contributed by atoms with Crippen LogP contribution in [0.25, 0.3) is 5.69 Å². The number of aromatic nitrogens is 1. The number of benzene rings is 1. The van der Waals surface area contributed by atoms with E-state index < -0.39 is 17.7 Å². The average molecular weight is 269 g/mol. The molecule has 1 N–H and O–H groups in total. The van der Waals surface area contributed by atoms with Gasteiger partial charge in [0.05, 0.1) is 11.1 Å². The summed E-state index contributed by atoms with van der Waals surface area (Å²) < 4.78 is 39.1.